The number of hydrogen-bond donors (Lipinski definition) is 7. The van der Waals surface area contributed by atoms with Crippen LogP contribution in [0, 0.1) is 6.92 Å². The van der Waals surface area contributed by atoms with Crippen LogP contribution in [0.5, 0.6) is 0 Å². The summed E-state index contributed by atoms with van der Waals surface area (Å²) in [6.45, 7) is 0.967. The van der Waals surface area contributed by atoms with Crippen molar-refractivity contribution in [2.45, 2.75) is 74.9 Å². The van der Waals surface area contributed by atoms with Crippen molar-refractivity contribution in [1.29, 1.82) is 0 Å². The summed E-state index contributed by atoms with van der Waals surface area (Å²) in [6.07, 6.45) is -14.4. The van der Waals surface area contributed by atoms with Crippen LogP contribution in [-0.4, -0.2) is 110 Å². The molecule has 3 rings (SSSR count). The summed E-state index contributed by atoms with van der Waals surface area (Å²) in [4.78, 5) is 0. The molecule has 2 aliphatic rings. The molecule has 2 heterocycles. The Kier molecular flexibility index (Phi) is 8.35. The Morgan fingerprint density at radius 1 is 0.742 bits per heavy atom. The number of rotatable bonds is 7. The predicted octanol–water partition coefficient (Wildman–Crippen LogP) is -2.86. The van der Waals surface area contributed by atoms with E-state index in [0.717, 1.165) is 11.1 Å². The smallest absolute Gasteiger partial charge is 0.187 e. The van der Waals surface area contributed by atoms with Gasteiger partial charge in [0.2, 0.25) is 0 Å². The first kappa shape index (κ1) is 24.4. The number of aliphatic hydroxyl groups is 7. The van der Waals surface area contributed by atoms with Gasteiger partial charge in [0.1, 0.15) is 48.8 Å². The molecular weight excluding hydrogens is 416 g/mol. The number of hydrogen-bond acceptors (Lipinski definition) is 11. The van der Waals surface area contributed by atoms with Crippen LogP contribution in [-0.2, 0) is 25.6 Å². The third-order valence-electron chi connectivity index (χ3n) is 5.61. The summed E-state index contributed by atoms with van der Waals surface area (Å²) < 4.78 is 21.8. The third kappa shape index (κ3) is 5.41. The van der Waals surface area contributed by atoms with E-state index in [2.05, 4.69) is 0 Å². The van der Waals surface area contributed by atoms with E-state index in [1.54, 1.807) is 0 Å². The van der Waals surface area contributed by atoms with E-state index in [-0.39, 0.29) is 6.61 Å². The van der Waals surface area contributed by atoms with Crippen LogP contribution in [0.4, 0.5) is 0 Å². The fourth-order valence-corrected chi connectivity index (χ4v) is 3.53. The Morgan fingerprint density at radius 2 is 1.29 bits per heavy atom. The lowest BCUT2D eigenvalue weighted by Gasteiger charge is -2.42. The molecule has 1 aromatic carbocycles. The van der Waals surface area contributed by atoms with E-state index in [0.29, 0.717) is 0 Å². The minimum absolute atomic E-state index is 0.0947. The highest BCUT2D eigenvalue weighted by Gasteiger charge is 2.47. The van der Waals surface area contributed by atoms with Gasteiger partial charge in [-0.3, -0.25) is 0 Å². The molecule has 10 atom stereocenters. The molecule has 11 heteroatoms. The predicted molar refractivity (Wildman–Crippen MR) is 102 cm³/mol. The summed E-state index contributed by atoms with van der Waals surface area (Å²) in [5, 5.41) is 69.6. The highest BCUT2D eigenvalue weighted by molar-refractivity contribution is 5.24. The second-order valence-electron chi connectivity index (χ2n) is 7.78. The fraction of sp³-hybridized carbons (Fsp3) is 0.700. The Balaban J connectivity index is 1.60. The highest BCUT2D eigenvalue weighted by atomic mass is 16.7. The normalized spacial score (nSPS) is 41.3. The largest absolute Gasteiger partial charge is 0.394 e. The van der Waals surface area contributed by atoms with Crippen molar-refractivity contribution >= 4 is 0 Å². The highest BCUT2D eigenvalue weighted by Crippen LogP contribution is 2.26. The standard InChI is InChI=1S/C20H30O11/c1-9-4-2-3-5-10(9)7-28-19-18(27)16(25)14(23)12(31-19)8-29-20-17(26)15(24)13(22)11(6-21)30-20/h2-5,11-27H,6-8H2,1H3. The molecule has 0 aliphatic carbocycles. The van der Waals surface area contributed by atoms with E-state index >= 15 is 0 Å². The van der Waals surface area contributed by atoms with Gasteiger partial charge in [-0.2, -0.15) is 0 Å². The number of ether oxygens (including phenoxy) is 4. The molecule has 0 spiro atoms. The molecule has 2 saturated heterocycles. The van der Waals surface area contributed by atoms with Crippen molar-refractivity contribution in [3.05, 3.63) is 35.4 Å². The van der Waals surface area contributed by atoms with Gasteiger partial charge in [-0.15, -0.1) is 0 Å². The zero-order valence-corrected chi connectivity index (χ0v) is 17.0. The van der Waals surface area contributed by atoms with Gasteiger partial charge in [-0.25, -0.2) is 0 Å². The van der Waals surface area contributed by atoms with Crippen molar-refractivity contribution in [3.8, 4) is 0 Å². The molecular formula is C20H30O11. The Hall–Kier alpha value is -1.22. The average molecular weight is 446 g/mol. The molecule has 11 nitrogen and oxygen atoms in total. The number of benzene rings is 1. The maximum atomic E-state index is 10.2. The number of aryl methyl sites for hydroxylation is 1. The molecule has 31 heavy (non-hydrogen) atoms. The van der Waals surface area contributed by atoms with Gasteiger partial charge in [-0.05, 0) is 18.1 Å². The van der Waals surface area contributed by atoms with Crippen molar-refractivity contribution in [2.75, 3.05) is 13.2 Å². The molecule has 176 valence electrons. The molecule has 2 aliphatic heterocycles. The zero-order chi connectivity index (χ0) is 22.7. The monoisotopic (exact) mass is 446 g/mol. The molecule has 1 aromatic rings. The summed E-state index contributed by atoms with van der Waals surface area (Å²) in [5.74, 6) is 0. The van der Waals surface area contributed by atoms with Gasteiger partial charge < -0.3 is 54.7 Å². The lowest BCUT2D eigenvalue weighted by Crippen LogP contribution is -2.61. The number of aliphatic hydroxyl groups excluding tert-OH is 7. The van der Waals surface area contributed by atoms with E-state index < -0.39 is 74.6 Å². The Labute approximate surface area is 179 Å². The van der Waals surface area contributed by atoms with Crippen LogP contribution >= 0.6 is 0 Å². The average Bonchev–Trinajstić information content (AvgIpc) is 2.77. The topological polar surface area (TPSA) is 179 Å². The minimum Gasteiger partial charge on any atom is -0.394 e. The van der Waals surface area contributed by atoms with Crippen molar-refractivity contribution in [2.24, 2.45) is 0 Å². The zero-order valence-electron chi connectivity index (χ0n) is 17.0. The quantitative estimate of drug-likeness (QED) is 0.229. The van der Waals surface area contributed by atoms with Gasteiger partial charge in [0.15, 0.2) is 12.6 Å². The second kappa shape index (κ2) is 10.6. The minimum atomic E-state index is -1.62. The SMILES string of the molecule is Cc1ccccc1COC1OC(COC2OC(CO)C(O)C(O)C2O)C(O)C(O)C1O. The molecule has 0 amide bonds. The Morgan fingerprint density at radius 3 is 1.90 bits per heavy atom. The molecule has 0 saturated carbocycles. The van der Waals surface area contributed by atoms with Crippen LogP contribution in [0.25, 0.3) is 0 Å². The van der Waals surface area contributed by atoms with Crippen molar-refractivity contribution in [1.82, 2.24) is 0 Å². The van der Waals surface area contributed by atoms with Gasteiger partial charge in [0.05, 0.1) is 19.8 Å². The lowest BCUT2D eigenvalue weighted by molar-refractivity contribution is -0.332. The first-order valence-corrected chi connectivity index (χ1v) is 10.0. The van der Waals surface area contributed by atoms with Gasteiger partial charge in [0, 0.05) is 0 Å². The first-order chi connectivity index (χ1) is 14.7. The first-order valence-electron chi connectivity index (χ1n) is 10.0. The van der Waals surface area contributed by atoms with Crippen LogP contribution in [0.1, 0.15) is 11.1 Å². The molecule has 2 fully saturated rings. The molecule has 10 unspecified atom stereocenters. The third-order valence-corrected chi connectivity index (χ3v) is 5.61. The molecule has 0 aromatic heterocycles. The molecule has 0 bridgehead atoms. The summed E-state index contributed by atoms with van der Waals surface area (Å²) in [6, 6.07) is 7.44. The van der Waals surface area contributed by atoms with Crippen LogP contribution in [0.15, 0.2) is 24.3 Å². The van der Waals surface area contributed by atoms with E-state index in [9.17, 15) is 35.7 Å². The van der Waals surface area contributed by atoms with E-state index in [4.69, 9.17) is 18.9 Å². The lowest BCUT2D eigenvalue weighted by atomic mass is 9.98. The van der Waals surface area contributed by atoms with Crippen LogP contribution in [0.3, 0.4) is 0 Å². The molecule has 0 radical (unpaired) electrons. The summed E-state index contributed by atoms with van der Waals surface area (Å²) >= 11 is 0. The van der Waals surface area contributed by atoms with E-state index in [1.807, 2.05) is 31.2 Å². The summed E-state index contributed by atoms with van der Waals surface area (Å²) in [7, 11) is 0. The molecule has 7 N–H and O–H groups in total. The summed E-state index contributed by atoms with van der Waals surface area (Å²) in [5.41, 5.74) is 1.82. The second-order valence-corrected chi connectivity index (χ2v) is 7.78. The van der Waals surface area contributed by atoms with Crippen LogP contribution in [0.2, 0.25) is 0 Å². The maximum Gasteiger partial charge on any atom is 0.187 e. The van der Waals surface area contributed by atoms with Gasteiger partial charge in [-0.1, -0.05) is 24.3 Å². The van der Waals surface area contributed by atoms with Crippen molar-refractivity contribution < 1.29 is 54.7 Å². The van der Waals surface area contributed by atoms with Gasteiger partial charge >= 0.3 is 0 Å². The van der Waals surface area contributed by atoms with Gasteiger partial charge in [0.25, 0.3) is 0 Å². The van der Waals surface area contributed by atoms with E-state index in [1.165, 1.54) is 0 Å². The maximum absolute atomic E-state index is 10.2. The van der Waals surface area contributed by atoms with Crippen molar-refractivity contribution in [3.63, 3.8) is 0 Å². The fourth-order valence-electron chi connectivity index (χ4n) is 3.53. The van der Waals surface area contributed by atoms with Crippen LogP contribution < -0.4 is 0 Å². The Bertz CT molecular complexity index is 701.